The first kappa shape index (κ1) is 29.3. The number of ether oxygens (including phenoxy) is 3. The number of amides is 1. The van der Waals surface area contributed by atoms with Crippen LogP contribution in [0.15, 0.2) is 59.7 Å². The van der Waals surface area contributed by atoms with E-state index < -0.39 is 0 Å². The van der Waals surface area contributed by atoms with Crippen LogP contribution in [-0.4, -0.2) is 67.7 Å². The van der Waals surface area contributed by atoms with Gasteiger partial charge in [0.25, 0.3) is 0 Å². The Morgan fingerprint density at radius 1 is 1.05 bits per heavy atom. The standard InChI is InChI=1S/C30H33FN2O5.C2H6/c1-19-27-14-26(37-21(3)35)8-9-28(27)38-30(29(19)24-10-11-33(18-24)20(2)34)23-4-6-25(7-5-23)36-13-12-32-16-22(15-31)17-32;1-2/h4-10,14,22,30H,11-13,15-18H2,1-3H3;1-2H3. The summed E-state index contributed by atoms with van der Waals surface area (Å²) in [5, 5.41) is 0. The van der Waals surface area contributed by atoms with Crippen molar-refractivity contribution < 1.29 is 28.2 Å². The molecule has 0 spiro atoms. The van der Waals surface area contributed by atoms with Gasteiger partial charge >= 0.3 is 5.97 Å². The van der Waals surface area contributed by atoms with E-state index in [9.17, 15) is 14.0 Å². The molecule has 0 aromatic heterocycles. The number of esters is 1. The summed E-state index contributed by atoms with van der Waals surface area (Å²) in [6.07, 6.45) is 1.71. The SMILES string of the molecule is CC.CC(=O)Oc1ccc2c(c1)C(C)=C(C1=CCN(C(C)=O)C1)C(c1ccc(OCCN3CC(CF)C3)cc1)O2. The Morgan fingerprint density at radius 2 is 1.75 bits per heavy atom. The number of fused-ring (bicyclic) bond motifs is 1. The third-order valence-corrected chi connectivity index (χ3v) is 7.35. The zero-order valence-electron chi connectivity index (χ0n) is 24.0. The van der Waals surface area contributed by atoms with Crippen LogP contribution in [0.5, 0.6) is 17.2 Å². The Kier molecular flexibility index (Phi) is 9.63. The third kappa shape index (κ3) is 6.55. The minimum Gasteiger partial charge on any atom is -0.492 e. The van der Waals surface area contributed by atoms with E-state index in [0.717, 1.165) is 53.2 Å². The second-order valence-electron chi connectivity index (χ2n) is 10.1. The van der Waals surface area contributed by atoms with Gasteiger partial charge in [-0.2, -0.15) is 0 Å². The van der Waals surface area contributed by atoms with Crippen LogP contribution in [0.25, 0.3) is 5.57 Å². The van der Waals surface area contributed by atoms with Crippen LogP contribution in [0, 0.1) is 5.92 Å². The second-order valence-corrected chi connectivity index (χ2v) is 10.1. The highest BCUT2D eigenvalue weighted by molar-refractivity contribution is 5.81. The van der Waals surface area contributed by atoms with Crippen molar-refractivity contribution in [3.05, 3.63) is 70.8 Å². The zero-order valence-corrected chi connectivity index (χ0v) is 24.0. The molecule has 7 nitrogen and oxygen atoms in total. The maximum Gasteiger partial charge on any atom is 0.308 e. The molecular weight excluding hydrogens is 511 g/mol. The van der Waals surface area contributed by atoms with Crippen LogP contribution in [0.4, 0.5) is 4.39 Å². The zero-order chi connectivity index (χ0) is 28.8. The third-order valence-electron chi connectivity index (χ3n) is 7.35. The molecule has 0 radical (unpaired) electrons. The van der Waals surface area contributed by atoms with Crippen molar-refractivity contribution in [3.8, 4) is 17.2 Å². The number of carbonyl (C=O) groups excluding carboxylic acids is 2. The lowest BCUT2D eigenvalue weighted by atomic mass is 9.86. The molecule has 40 heavy (non-hydrogen) atoms. The minimum atomic E-state index is -0.381. The first-order valence-electron chi connectivity index (χ1n) is 14.0. The fourth-order valence-electron chi connectivity index (χ4n) is 5.28. The Labute approximate surface area is 236 Å². The normalized spacial score (nSPS) is 18.6. The fourth-order valence-corrected chi connectivity index (χ4v) is 5.28. The first-order valence-corrected chi connectivity index (χ1v) is 14.0. The predicted octanol–water partition coefficient (Wildman–Crippen LogP) is 5.61. The summed E-state index contributed by atoms with van der Waals surface area (Å²) < 4.78 is 30.4. The van der Waals surface area contributed by atoms with Gasteiger partial charge < -0.3 is 19.1 Å². The van der Waals surface area contributed by atoms with Crippen LogP contribution in [-0.2, 0) is 9.59 Å². The van der Waals surface area contributed by atoms with E-state index >= 15 is 0 Å². The van der Waals surface area contributed by atoms with Crippen molar-refractivity contribution >= 4 is 17.4 Å². The molecule has 1 saturated heterocycles. The van der Waals surface area contributed by atoms with Gasteiger partial charge in [0.2, 0.25) is 5.91 Å². The van der Waals surface area contributed by atoms with Crippen molar-refractivity contribution in [3.63, 3.8) is 0 Å². The van der Waals surface area contributed by atoms with Crippen molar-refractivity contribution in [2.75, 3.05) is 46.0 Å². The van der Waals surface area contributed by atoms with Gasteiger partial charge in [0, 0.05) is 63.6 Å². The molecular formula is C32H39FN2O5. The lowest BCUT2D eigenvalue weighted by Crippen LogP contribution is -2.49. The molecule has 0 aliphatic carbocycles. The molecule has 1 unspecified atom stereocenters. The van der Waals surface area contributed by atoms with E-state index in [1.54, 1.807) is 17.9 Å². The van der Waals surface area contributed by atoms with E-state index in [4.69, 9.17) is 14.2 Å². The smallest absolute Gasteiger partial charge is 0.308 e. The van der Waals surface area contributed by atoms with Crippen molar-refractivity contribution in [1.29, 1.82) is 0 Å². The molecule has 214 valence electrons. The van der Waals surface area contributed by atoms with Gasteiger partial charge in [-0.3, -0.25) is 18.9 Å². The molecule has 2 aromatic rings. The van der Waals surface area contributed by atoms with Gasteiger partial charge in [-0.15, -0.1) is 0 Å². The number of rotatable bonds is 8. The number of hydrogen-bond donors (Lipinski definition) is 0. The summed E-state index contributed by atoms with van der Waals surface area (Å²) in [6, 6.07) is 13.3. The number of alkyl halides is 1. The molecule has 1 fully saturated rings. The van der Waals surface area contributed by atoms with E-state index in [2.05, 4.69) is 11.0 Å². The highest BCUT2D eigenvalue weighted by atomic mass is 19.1. The molecule has 1 amide bonds. The lowest BCUT2D eigenvalue weighted by Gasteiger charge is -2.37. The molecule has 1 atom stereocenters. The fraction of sp³-hybridized carbons (Fsp3) is 0.438. The number of nitrogens with zero attached hydrogens (tertiary/aromatic N) is 2. The van der Waals surface area contributed by atoms with Crippen LogP contribution < -0.4 is 14.2 Å². The van der Waals surface area contributed by atoms with E-state index in [-0.39, 0.29) is 30.6 Å². The van der Waals surface area contributed by atoms with Crippen molar-refractivity contribution in [1.82, 2.24) is 9.80 Å². The van der Waals surface area contributed by atoms with Gasteiger partial charge in [-0.25, -0.2) is 0 Å². The average molecular weight is 551 g/mol. The molecule has 0 bridgehead atoms. The summed E-state index contributed by atoms with van der Waals surface area (Å²) in [5.74, 6) is 1.75. The second kappa shape index (κ2) is 13.1. The summed E-state index contributed by atoms with van der Waals surface area (Å²) in [5.41, 5.74) is 4.90. The van der Waals surface area contributed by atoms with Crippen LogP contribution in [0.2, 0.25) is 0 Å². The topological polar surface area (TPSA) is 68.3 Å². The van der Waals surface area contributed by atoms with E-state index in [1.165, 1.54) is 6.92 Å². The first-order chi connectivity index (χ1) is 19.3. The number of allylic oxidation sites excluding steroid dienone is 1. The molecule has 2 aromatic carbocycles. The predicted molar refractivity (Wildman–Crippen MR) is 153 cm³/mol. The Balaban J connectivity index is 0.00000181. The summed E-state index contributed by atoms with van der Waals surface area (Å²) in [6.45, 7) is 12.7. The molecule has 5 rings (SSSR count). The summed E-state index contributed by atoms with van der Waals surface area (Å²) in [4.78, 5) is 27.5. The molecule has 3 aliphatic rings. The average Bonchev–Trinajstić information content (AvgIpc) is 3.42. The van der Waals surface area contributed by atoms with E-state index in [1.807, 2.05) is 57.2 Å². The van der Waals surface area contributed by atoms with E-state index in [0.29, 0.717) is 31.2 Å². The quantitative estimate of drug-likeness (QED) is 0.314. The monoisotopic (exact) mass is 550 g/mol. The van der Waals surface area contributed by atoms with Crippen molar-refractivity contribution in [2.24, 2.45) is 5.92 Å². The van der Waals surface area contributed by atoms with Gasteiger partial charge in [0.15, 0.2) is 0 Å². The maximum atomic E-state index is 12.6. The number of carbonyl (C=O) groups is 2. The number of likely N-dealkylation sites (tertiary alicyclic amines) is 1. The van der Waals surface area contributed by atoms with Gasteiger partial charge in [0.1, 0.15) is 30.0 Å². The number of halogens is 1. The molecule has 0 N–H and O–H groups in total. The number of hydrogen-bond acceptors (Lipinski definition) is 6. The van der Waals surface area contributed by atoms with Gasteiger partial charge in [0.05, 0.1) is 6.67 Å². The van der Waals surface area contributed by atoms with Crippen LogP contribution >= 0.6 is 0 Å². The highest BCUT2D eigenvalue weighted by Crippen LogP contribution is 2.46. The van der Waals surface area contributed by atoms with Gasteiger partial charge in [-0.05, 0) is 54.0 Å². The highest BCUT2D eigenvalue weighted by Gasteiger charge is 2.33. The van der Waals surface area contributed by atoms with Crippen LogP contribution in [0.3, 0.4) is 0 Å². The van der Waals surface area contributed by atoms with Gasteiger partial charge in [-0.1, -0.05) is 32.1 Å². The Hall–Kier alpha value is -3.65. The lowest BCUT2D eigenvalue weighted by molar-refractivity contribution is -0.132. The largest absolute Gasteiger partial charge is 0.492 e. The molecule has 0 saturated carbocycles. The van der Waals surface area contributed by atoms with Crippen LogP contribution in [0.1, 0.15) is 51.8 Å². The number of benzene rings is 2. The summed E-state index contributed by atoms with van der Waals surface area (Å²) >= 11 is 0. The molecule has 3 heterocycles. The maximum absolute atomic E-state index is 12.6. The minimum absolute atomic E-state index is 0.0280. The Bertz CT molecular complexity index is 1280. The summed E-state index contributed by atoms with van der Waals surface area (Å²) in [7, 11) is 0. The Morgan fingerprint density at radius 3 is 2.38 bits per heavy atom. The van der Waals surface area contributed by atoms with Crippen molar-refractivity contribution in [2.45, 2.75) is 40.7 Å². The molecule has 8 heteroatoms. The molecule has 3 aliphatic heterocycles.